The van der Waals surface area contributed by atoms with Gasteiger partial charge >= 0.3 is 0 Å². The minimum atomic E-state index is 1.13. The molecule has 0 unspecified atom stereocenters. The van der Waals surface area contributed by atoms with E-state index < -0.39 is 0 Å². The van der Waals surface area contributed by atoms with Crippen molar-refractivity contribution < 1.29 is 0 Å². The number of para-hydroxylation sites is 2. The van der Waals surface area contributed by atoms with Crippen molar-refractivity contribution in [2.24, 2.45) is 0 Å². The van der Waals surface area contributed by atoms with E-state index in [-0.39, 0.29) is 0 Å². The van der Waals surface area contributed by atoms with Gasteiger partial charge in [-0.25, -0.2) is 0 Å². The second-order valence-corrected chi connectivity index (χ2v) is 13.0. The van der Waals surface area contributed by atoms with Crippen LogP contribution in [-0.4, -0.2) is 0 Å². The lowest BCUT2D eigenvalue weighted by Crippen LogP contribution is -2.11. The Morgan fingerprint density at radius 2 is 0.700 bits per heavy atom. The Morgan fingerprint density at radius 1 is 0.240 bits per heavy atom. The summed E-state index contributed by atoms with van der Waals surface area (Å²) in [6.45, 7) is 0. The number of benzene rings is 10. The first-order valence-corrected chi connectivity index (χ1v) is 17.2. The molecule has 0 aliphatic heterocycles. The van der Waals surface area contributed by atoms with Crippen LogP contribution in [0, 0.1) is 0 Å². The summed E-state index contributed by atoms with van der Waals surface area (Å²) in [4.78, 5) is 4.83. The summed E-state index contributed by atoms with van der Waals surface area (Å²) in [5.41, 5.74) is 6.90. The van der Waals surface area contributed by atoms with Gasteiger partial charge in [0, 0.05) is 33.2 Å². The zero-order chi connectivity index (χ0) is 33.0. The molecule has 0 saturated carbocycles. The molecule has 10 aromatic carbocycles. The Kier molecular flexibility index (Phi) is 6.53. The van der Waals surface area contributed by atoms with Crippen LogP contribution < -0.4 is 9.80 Å². The second kappa shape index (κ2) is 11.5. The van der Waals surface area contributed by atoms with Crippen LogP contribution in [0.3, 0.4) is 0 Å². The highest BCUT2D eigenvalue weighted by Gasteiger charge is 2.21. The lowest BCUT2D eigenvalue weighted by Gasteiger charge is -2.29. The number of hydrogen-bond acceptors (Lipinski definition) is 2. The van der Waals surface area contributed by atoms with E-state index in [2.05, 4.69) is 204 Å². The Morgan fingerprint density at radius 3 is 1.34 bits per heavy atom. The predicted octanol–water partition coefficient (Wildman–Crippen LogP) is 13.8. The number of anilines is 6. The molecule has 0 N–H and O–H groups in total. The van der Waals surface area contributed by atoms with E-state index in [1.165, 1.54) is 65.2 Å². The molecular formula is C48H32N2. The standard InChI is InChI=1S/C48H32N2/c1-3-17-38(18-4-1)49(44-23-11-15-33-13-7-9-21-41(33)44)40-31-36-26-25-35-28-30-46(43-29-27-37(32-40)47(36)48(35)43)50(39-19-5-2-6-20-39)45-24-12-16-34-14-8-10-22-42(34)45/h1-32H. The third-order valence-corrected chi connectivity index (χ3v) is 10.1. The summed E-state index contributed by atoms with van der Waals surface area (Å²) < 4.78 is 0. The van der Waals surface area contributed by atoms with E-state index in [1.54, 1.807) is 0 Å². The molecule has 2 heteroatoms. The van der Waals surface area contributed by atoms with Crippen molar-refractivity contribution in [1.82, 2.24) is 0 Å². The molecule has 10 aromatic rings. The first-order valence-electron chi connectivity index (χ1n) is 17.2. The van der Waals surface area contributed by atoms with E-state index in [0.717, 1.165) is 22.7 Å². The molecule has 10 rings (SSSR count). The van der Waals surface area contributed by atoms with Gasteiger partial charge in [0.25, 0.3) is 0 Å². The van der Waals surface area contributed by atoms with Crippen molar-refractivity contribution in [3.8, 4) is 0 Å². The molecule has 0 radical (unpaired) electrons. The van der Waals surface area contributed by atoms with Gasteiger partial charge in [-0.05, 0) is 92.3 Å². The molecule has 50 heavy (non-hydrogen) atoms. The fraction of sp³-hybridized carbons (Fsp3) is 0. The van der Waals surface area contributed by atoms with Gasteiger partial charge in [-0.15, -0.1) is 0 Å². The normalized spacial score (nSPS) is 11.6. The third-order valence-electron chi connectivity index (χ3n) is 10.1. The first-order chi connectivity index (χ1) is 24.8. The molecule has 0 heterocycles. The van der Waals surface area contributed by atoms with Crippen molar-refractivity contribution in [2.45, 2.75) is 0 Å². The predicted molar refractivity (Wildman–Crippen MR) is 215 cm³/mol. The Labute approximate surface area is 291 Å². The van der Waals surface area contributed by atoms with Crippen LogP contribution >= 0.6 is 0 Å². The smallest absolute Gasteiger partial charge is 0.0540 e. The van der Waals surface area contributed by atoms with Crippen molar-refractivity contribution in [3.05, 3.63) is 194 Å². The van der Waals surface area contributed by atoms with Crippen LogP contribution in [0.15, 0.2) is 194 Å². The zero-order valence-corrected chi connectivity index (χ0v) is 27.4. The number of hydrogen-bond donors (Lipinski definition) is 0. The summed E-state index contributed by atoms with van der Waals surface area (Å²) in [5, 5.41) is 12.4. The van der Waals surface area contributed by atoms with Crippen LogP contribution in [0.4, 0.5) is 34.1 Å². The van der Waals surface area contributed by atoms with Crippen LogP contribution in [0.1, 0.15) is 0 Å². The maximum atomic E-state index is 2.43. The molecule has 0 aromatic heterocycles. The molecule has 0 aliphatic carbocycles. The molecular weight excluding hydrogens is 605 g/mol. The average molecular weight is 637 g/mol. The van der Waals surface area contributed by atoms with Gasteiger partial charge in [0.05, 0.1) is 17.1 Å². The highest BCUT2D eigenvalue weighted by molar-refractivity contribution is 6.27. The molecule has 0 saturated heterocycles. The van der Waals surface area contributed by atoms with Crippen molar-refractivity contribution in [3.63, 3.8) is 0 Å². The van der Waals surface area contributed by atoms with Crippen molar-refractivity contribution >= 4 is 88.0 Å². The van der Waals surface area contributed by atoms with E-state index in [9.17, 15) is 0 Å². The fourth-order valence-electron chi connectivity index (χ4n) is 7.91. The Bertz CT molecular complexity index is 2790. The van der Waals surface area contributed by atoms with Gasteiger partial charge in [0.2, 0.25) is 0 Å². The molecule has 0 atom stereocenters. The van der Waals surface area contributed by atoms with Gasteiger partial charge in [0.15, 0.2) is 0 Å². The minimum Gasteiger partial charge on any atom is -0.310 e. The van der Waals surface area contributed by atoms with Gasteiger partial charge in [0.1, 0.15) is 0 Å². The second-order valence-electron chi connectivity index (χ2n) is 13.0. The van der Waals surface area contributed by atoms with E-state index in [1.807, 2.05) is 0 Å². The molecule has 0 spiro atoms. The maximum Gasteiger partial charge on any atom is 0.0540 e. The summed E-state index contributed by atoms with van der Waals surface area (Å²) in [7, 11) is 0. The van der Waals surface area contributed by atoms with Gasteiger partial charge in [-0.3, -0.25) is 0 Å². The molecule has 0 fully saturated rings. The number of nitrogens with zero attached hydrogens (tertiary/aromatic N) is 2. The molecule has 0 aliphatic rings. The first kappa shape index (κ1) is 28.4. The van der Waals surface area contributed by atoms with Gasteiger partial charge in [-0.2, -0.15) is 0 Å². The van der Waals surface area contributed by atoms with Gasteiger partial charge < -0.3 is 9.80 Å². The monoisotopic (exact) mass is 636 g/mol. The third kappa shape index (κ3) is 4.50. The average Bonchev–Trinajstić information content (AvgIpc) is 3.18. The Hall–Kier alpha value is -6.64. The highest BCUT2D eigenvalue weighted by Crippen LogP contribution is 2.47. The van der Waals surface area contributed by atoms with E-state index >= 15 is 0 Å². The Balaban J connectivity index is 1.22. The molecule has 234 valence electrons. The van der Waals surface area contributed by atoms with Crippen LogP contribution in [0.5, 0.6) is 0 Å². The van der Waals surface area contributed by atoms with Crippen LogP contribution in [0.2, 0.25) is 0 Å². The minimum absolute atomic E-state index is 1.13. The molecule has 2 nitrogen and oxygen atoms in total. The van der Waals surface area contributed by atoms with Crippen LogP contribution in [0.25, 0.3) is 53.9 Å². The fourth-order valence-corrected chi connectivity index (χ4v) is 7.91. The molecule has 0 bridgehead atoms. The summed E-state index contributed by atoms with van der Waals surface area (Å²) in [6, 6.07) is 70.5. The largest absolute Gasteiger partial charge is 0.310 e. The van der Waals surface area contributed by atoms with Crippen molar-refractivity contribution in [1.29, 1.82) is 0 Å². The summed E-state index contributed by atoms with van der Waals surface area (Å²) in [5.74, 6) is 0. The lowest BCUT2D eigenvalue weighted by molar-refractivity contribution is 1.31. The van der Waals surface area contributed by atoms with Crippen LogP contribution in [-0.2, 0) is 0 Å². The van der Waals surface area contributed by atoms with E-state index in [0.29, 0.717) is 0 Å². The maximum absolute atomic E-state index is 2.43. The number of fused-ring (bicyclic) bond motifs is 2. The van der Waals surface area contributed by atoms with Crippen molar-refractivity contribution in [2.75, 3.05) is 9.80 Å². The van der Waals surface area contributed by atoms with E-state index in [4.69, 9.17) is 0 Å². The van der Waals surface area contributed by atoms with Gasteiger partial charge in [-0.1, -0.05) is 140 Å². The quantitative estimate of drug-likeness (QED) is 0.168. The SMILES string of the molecule is c1ccc(N(c2cc3ccc4ccc(N(c5ccccc5)c5cccc6ccccc56)c5ccc(c2)c3c45)c2cccc3ccccc23)cc1. The zero-order valence-electron chi connectivity index (χ0n) is 27.4. The summed E-state index contributed by atoms with van der Waals surface area (Å²) >= 11 is 0. The lowest BCUT2D eigenvalue weighted by atomic mass is 9.92. The molecule has 0 amide bonds. The summed E-state index contributed by atoms with van der Waals surface area (Å²) in [6.07, 6.45) is 0. The highest BCUT2D eigenvalue weighted by atomic mass is 15.1. The number of rotatable bonds is 6. The topological polar surface area (TPSA) is 6.48 Å².